The summed E-state index contributed by atoms with van der Waals surface area (Å²) in [7, 11) is 0. The lowest BCUT2D eigenvalue weighted by Crippen LogP contribution is -2.13. The Morgan fingerprint density at radius 3 is 2.55 bits per heavy atom. The predicted molar refractivity (Wildman–Crippen MR) is 43.4 cm³/mol. The molecule has 1 rings (SSSR count). The Balaban J connectivity index is 2.78. The van der Waals surface area contributed by atoms with Gasteiger partial charge in [0.2, 0.25) is 0 Å². The zero-order chi connectivity index (χ0) is 8.27. The largest absolute Gasteiger partial charge is 0.506 e. The number of benzene rings is 1. The second-order valence-corrected chi connectivity index (χ2v) is 2.34. The molecule has 11 heavy (non-hydrogen) atoms. The third kappa shape index (κ3) is 2.13. The lowest BCUT2D eigenvalue weighted by Gasteiger charge is -2.09. The van der Waals surface area contributed by atoms with Crippen molar-refractivity contribution >= 4 is 5.69 Å². The minimum absolute atomic E-state index is 0.147. The SMILES string of the molecule is CC(O)Nc1ccccc1O. The lowest BCUT2D eigenvalue weighted by molar-refractivity contribution is 0.224. The molecule has 0 heterocycles. The summed E-state index contributed by atoms with van der Waals surface area (Å²) in [5, 5.41) is 20.8. The average Bonchev–Trinajstić information content (AvgIpc) is 1.93. The summed E-state index contributed by atoms with van der Waals surface area (Å²) in [6.45, 7) is 1.59. The van der Waals surface area contributed by atoms with Gasteiger partial charge in [-0.15, -0.1) is 0 Å². The van der Waals surface area contributed by atoms with Crippen molar-refractivity contribution in [3.05, 3.63) is 24.3 Å². The molecule has 1 aromatic rings. The summed E-state index contributed by atoms with van der Waals surface area (Å²) >= 11 is 0. The van der Waals surface area contributed by atoms with Crippen molar-refractivity contribution in [2.45, 2.75) is 13.2 Å². The van der Waals surface area contributed by atoms with Gasteiger partial charge in [-0.3, -0.25) is 0 Å². The highest BCUT2D eigenvalue weighted by Crippen LogP contribution is 2.21. The van der Waals surface area contributed by atoms with Crippen LogP contribution in [0.4, 0.5) is 5.69 Å². The summed E-state index contributed by atoms with van der Waals surface area (Å²) in [4.78, 5) is 0. The Morgan fingerprint density at radius 2 is 2.00 bits per heavy atom. The Hall–Kier alpha value is -1.22. The van der Waals surface area contributed by atoms with Crippen LogP contribution in [0.1, 0.15) is 6.92 Å². The number of aliphatic hydroxyl groups excluding tert-OH is 1. The van der Waals surface area contributed by atoms with Crippen LogP contribution in [0.25, 0.3) is 0 Å². The van der Waals surface area contributed by atoms with E-state index in [1.807, 2.05) is 0 Å². The molecule has 0 saturated carbocycles. The molecule has 1 aromatic carbocycles. The van der Waals surface area contributed by atoms with Gasteiger partial charge in [0.1, 0.15) is 12.0 Å². The zero-order valence-corrected chi connectivity index (χ0v) is 6.28. The standard InChI is InChI=1S/C8H11NO2/c1-6(10)9-7-4-2-3-5-8(7)11/h2-6,9-11H,1H3. The summed E-state index contributed by atoms with van der Waals surface area (Å²) in [6.07, 6.45) is -0.650. The normalized spacial score (nSPS) is 12.5. The van der Waals surface area contributed by atoms with Crippen molar-refractivity contribution in [1.82, 2.24) is 0 Å². The van der Waals surface area contributed by atoms with Crippen LogP contribution < -0.4 is 5.32 Å². The first-order valence-electron chi connectivity index (χ1n) is 3.43. The molecule has 0 fully saturated rings. The van der Waals surface area contributed by atoms with E-state index in [9.17, 15) is 5.11 Å². The number of aromatic hydroxyl groups is 1. The van der Waals surface area contributed by atoms with Crippen LogP contribution in [-0.4, -0.2) is 16.4 Å². The summed E-state index contributed by atoms with van der Waals surface area (Å²) in [6, 6.07) is 6.76. The molecule has 1 atom stereocenters. The molecule has 0 aliphatic heterocycles. The van der Waals surface area contributed by atoms with E-state index in [4.69, 9.17) is 5.11 Å². The Kier molecular flexibility index (Phi) is 2.33. The van der Waals surface area contributed by atoms with Crippen LogP contribution in [0.2, 0.25) is 0 Å². The minimum Gasteiger partial charge on any atom is -0.506 e. The number of para-hydroxylation sites is 2. The third-order valence-electron chi connectivity index (χ3n) is 1.27. The van der Waals surface area contributed by atoms with Crippen molar-refractivity contribution in [1.29, 1.82) is 0 Å². The van der Waals surface area contributed by atoms with E-state index < -0.39 is 6.23 Å². The lowest BCUT2D eigenvalue weighted by atomic mass is 10.3. The summed E-state index contributed by atoms with van der Waals surface area (Å²) in [5.74, 6) is 0.147. The maximum absolute atomic E-state index is 9.19. The average molecular weight is 153 g/mol. The Labute approximate surface area is 65.3 Å². The van der Waals surface area contributed by atoms with Crippen LogP contribution in [-0.2, 0) is 0 Å². The first-order valence-corrected chi connectivity index (χ1v) is 3.43. The summed E-state index contributed by atoms with van der Waals surface area (Å²) in [5.41, 5.74) is 0.544. The van der Waals surface area contributed by atoms with Gasteiger partial charge in [-0.1, -0.05) is 12.1 Å². The van der Waals surface area contributed by atoms with Crippen LogP contribution >= 0.6 is 0 Å². The molecule has 60 valence electrons. The van der Waals surface area contributed by atoms with E-state index in [-0.39, 0.29) is 5.75 Å². The van der Waals surface area contributed by atoms with E-state index in [1.165, 1.54) is 0 Å². The number of hydrogen-bond acceptors (Lipinski definition) is 3. The highest BCUT2D eigenvalue weighted by atomic mass is 16.3. The number of nitrogens with one attached hydrogen (secondary N) is 1. The Morgan fingerprint density at radius 1 is 1.36 bits per heavy atom. The van der Waals surface area contributed by atoms with Gasteiger partial charge in [0.05, 0.1) is 5.69 Å². The van der Waals surface area contributed by atoms with Gasteiger partial charge >= 0.3 is 0 Å². The molecular formula is C8H11NO2. The van der Waals surface area contributed by atoms with Crippen molar-refractivity contribution in [3.63, 3.8) is 0 Å². The van der Waals surface area contributed by atoms with E-state index in [0.717, 1.165) is 0 Å². The molecule has 0 aliphatic rings. The maximum atomic E-state index is 9.19. The Bertz CT molecular complexity index is 235. The third-order valence-corrected chi connectivity index (χ3v) is 1.27. The fourth-order valence-corrected chi connectivity index (χ4v) is 0.821. The van der Waals surface area contributed by atoms with Crippen molar-refractivity contribution < 1.29 is 10.2 Å². The zero-order valence-electron chi connectivity index (χ0n) is 6.28. The van der Waals surface area contributed by atoms with Gasteiger partial charge in [0.25, 0.3) is 0 Å². The molecule has 3 N–H and O–H groups in total. The van der Waals surface area contributed by atoms with E-state index in [0.29, 0.717) is 5.69 Å². The first-order chi connectivity index (χ1) is 5.20. The fourth-order valence-electron chi connectivity index (χ4n) is 0.821. The smallest absolute Gasteiger partial charge is 0.138 e. The number of anilines is 1. The van der Waals surface area contributed by atoms with Gasteiger partial charge in [-0.25, -0.2) is 0 Å². The van der Waals surface area contributed by atoms with Gasteiger partial charge in [0.15, 0.2) is 0 Å². The maximum Gasteiger partial charge on any atom is 0.138 e. The van der Waals surface area contributed by atoms with Crippen molar-refractivity contribution in [3.8, 4) is 5.75 Å². The first kappa shape index (κ1) is 7.88. The highest BCUT2D eigenvalue weighted by Gasteiger charge is 1.99. The van der Waals surface area contributed by atoms with Crippen molar-refractivity contribution in [2.24, 2.45) is 0 Å². The number of aliphatic hydroxyl groups is 1. The molecule has 0 radical (unpaired) electrons. The number of rotatable bonds is 2. The second kappa shape index (κ2) is 3.25. The van der Waals surface area contributed by atoms with Crippen LogP contribution in [0.15, 0.2) is 24.3 Å². The van der Waals surface area contributed by atoms with Crippen molar-refractivity contribution in [2.75, 3.05) is 5.32 Å². The van der Waals surface area contributed by atoms with Gasteiger partial charge < -0.3 is 15.5 Å². The molecule has 0 spiro atoms. The monoisotopic (exact) mass is 153 g/mol. The number of phenols is 1. The van der Waals surface area contributed by atoms with Gasteiger partial charge in [-0.05, 0) is 19.1 Å². The molecule has 0 bridgehead atoms. The van der Waals surface area contributed by atoms with Crippen LogP contribution in [0.5, 0.6) is 5.75 Å². The molecule has 0 amide bonds. The predicted octanol–water partition coefficient (Wildman–Crippen LogP) is 1.14. The molecular weight excluding hydrogens is 142 g/mol. The van der Waals surface area contributed by atoms with Crippen LogP contribution in [0, 0.1) is 0 Å². The van der Waals surface area contributed by atoms with E-state index >= 15 is 0 Å². The molecule has 0 aromatic heterocycles. The highest BCUT2D eigenvalue weighted by molar-refractivity contribution is 5.55. The van der Waals surface area contributed by atoms with Gasteiger partial charge in [0, 0.05) is 0 Å². The van der Waals surface area contributed by atoms with Crippen LogP contribution in [0.3, 0.4) is 0 Å². The van der Waals surface area contributed by atoms with E-state index in [2.05, 4.69) is 5.32 Å². The molecule has 0 aliphatic carbocycles. The molecule has 3 heteroatoms. The molecule has 3 nitrogen and oxygen atoms in total. The topological polar surface area (TPSA) is 52.5 Å². The number of hydrogen-bond donors (Lipinski definition) is 3. The quantitative estimate of drug-likeness (QED) is 0.441. The van der Waals surface area contributed by atoms with E-state index in [1.54, 1.807) is 31.2 Å². The summed E-state index contributed by atoms with van der Waals surface area (Å²) < 4.78 is 0. The second-order valence-electron chi connectivity index (χ2n) is 2.34. The van der Waals surface area contributed by atoms with Gasteiger partial charge in [-0.2, -0.15) is 0 Å². The molecule has 0 saturated heterocycles. The minimum atomic E-state index is -0.650. The molecule has 1 unspecified atom stereocenters. The fraction of sp³-hybridized carbons (Fsp3) is 0.250. The number of phenolic OH excluding ortho intramolecular Hbond substituents is 1.